The average Bonchev–Trinajstić information content (AvgIpc) is 2.94. The lowest BCUT2D eigenvalue weighted by atomic mass is 10.2. The topological polar surface area (TPSA) is 93.5 Å². The predicted molar refractivity (Wildman–Crippen MR) is 75.4 cm³/mol. The first-order valence-electron chi connectivity index (χ1n) is 6.70. The van der Waals surface area contributed by atoms with Gasteiger partial charge in [-0.15, -0.1) is 0 Å². The summed E-state index contributed by atoms with van der Waals surface area (Å²) in [4.78, 5) is 22.5. The van der Waals surface area contributed by atoms with Gasteiger partial charge in [0.05, 0.1) is 19.1 Å². The predicted octanol–water partition coefficient (Wildman–Crippen LogP) is 0.631. The van der Waals surface area contributed by atoms with E-state index in [0.29, 0.717) is 5.75 Å². The Bertz CT molecular complexity index is 467. The van der Waals surface area contributed by atoms with E-state index in [9.17, 15) is 9.59 Å². The molecule has 1 aliphatic heterocycles. The maximum atomic E-state index is 11.9. The smallest absolute Gasteiger partial charge is 0.241 e. The Morgan fingerprint density at radius 3 is 2.70 bits per heavy atom. The van der Waals surface area contributed by atoms with Gasteiger partial charge in [-0.2, -0.15) is 0 Å². The van der Waals surface area contributed by atoms with Gasteiger partial charge in [0.15, 0.2) is 0 Å². The Balaban J connectivity index is 1.81. The van der Waals surface area contributed by atoms with Crippen LogP contribution in [0, 0.1) is 0 Å². The van der Waals surface area contributed by atoms with Gasteiger partial charge in [0.1, 0.15) is 5.75 Å². The van der Waals surface area contributed by atoms with E-state index in [1.54, 1.807) is 24.3 Å². The lowest BCUT2D eigenvalue weighted by Gasteiger charge is -2.11. The molecule has 20 heavy (non-hydrogen) atoms. The normalized spacial score (nSPS) is 17.7. The third-order valence-electron chi connectivity index (χ3n) is 3.12. The molecule has 1 fully saturated rings. The van der Waals surface area contributed by atoms with Crippen molar-refractivity contribution in [3.8, 4) is 5.75 Å². The molecule has 2 rings (SSSR count). The van der Waals surface area contributed by atoms with Crippen LogP contribution in [0.5, 0.6) is 5.75 Å². The molecule has 108 valence electrons. The minimum Gasteiger partial charge on any atom is -0.493 e. The molecule has 0 aliphatic carbocycles. The Labute approximate surface area is 117 Å². The fourth-order valence-corrected chi connectivity index (χ4v) is 2.04. The van der Waals surface area contributed by atoms with Gasteiger partial charge in [0.25, 0.3) is 0 Å². The fraction of sp³-hybridized carbons (Fsp3) is 0.429. The first-order chi connectivity index (χ1) is 9.65. The van der Waals surface area contributed by atoms with Gasteiger partial charge in [-0.25, -0.2) is 0 Å². The summed E-state index contributed by atoms with van der Waals surface area (Å²) < 4.78 is 5.35. The van der Waals surface area contributed by atoms with Gasteiger partial charge in [-0.3, -0.25) is 9.59 Å². The van der Waals surface area contributed by atoms with E-state index in [1.807, 2.05) is 0 Å². The quantitative estimate of drug-likeness (QED) is 0.711. The van der Waals surface area contributed by atoms with Crippen LogP contribution in [0.15, 0.2) is 24.3 Å². The summed E-state index contributed by atoms with van der Waals surface area (Å²) in [6, 6.07) is 6.94. The van der Waals surface area contributed by atoms with Crippen LogP contribution in [0.1, 0.15) is 19.3 Å². The number of carbonyl (C=O) groups excluding carboxylic acids is 2. The first kappa shape index (κ1) is 14.3. The minimum absolute atomic E-state index is 0.00935. The van der Waals surface area contributed by atoms with Crippen molar-refractivity contribution >= 4 is 17.5 Å². The van der Waals surface area contributed by atoms with Crippen LogP contribution in [-0.2, 0) is 9.59 Å². The number of hydrogen-bond acceptors (Lipinski definition) is 4. The van der Waals surface area contributed by atoms with E-state index in [-0.39, 0.29) is 25.0 Å². The number of nitrogens with one attached hydrogen (secondary N) is 2. The van der Waals surface area contributed by atoms with Gasteiger partial charge in [-0.1, -0.05) is 0 Å². The van der Waals surface area contributed by atoms with Crippen LogP contribution in [0.2, 0.25) is 0 Å². The molecule has 1 aromatic rings. The van der Waals surface area contributed by atoms with Gasteiger partial charge in [0, 0.05) is 5.69 Å². The van der Waals surface area contributed by atoms with Crippen molar-refractivity contribution in [3.05, 3.63) is 24.3 Å². The summed E-state index contributed by atoms with van der Waals surface area (Å²) >= 11 is 0. The van der Waals surface area contributed by atoms with Gasteiger partial charge >= 0.3 is 0 Å². The third-order valence-corrected chi connectivity index (χ3v) is 3.12. The van der Waals surface area contributed by atoms with Crippen LogP contribution in [0.4, 0.5) is 5.69 Å². The molecule has 6 heteroatoms. The standard InChI is InChI=1S/C14H19N3O3/c15-13(18)7-9-20-11-5-3-10(4-6-11)17-14(19)12-2-1-8-16-12/h3-6,12,16H,1-2,7-9H2,(H2,15,18)(H,17,19)/t12-/m0/s1. The zero-order valence-electron chi connectivity index (χ0n) is 11.2. The second-order valence-electron chi connectivity index (χ2n) is 4.73. The van der Waals surface area contributed by atoms with E-state index >= 15 is 0 Å². The maximum absolute atomic E-state index is 11.9. The molecule has 0 aromatic heterocycles. The van der Waals surface area contributed by atoms with Crippen LogP contribution < -0.4 is 21.1 Å². The van der Waals surface area contributed by atoms with Crippen molar-refractivity contribution in [1.82, 2.24) is 5.32 Å². The maximum Gasteiger partial charge on any atom is 0.241 e. The summed E-state index contributed by atoms with van der Waals surface area (Å²) in [5.41, 5.74) is 5.75. The van der Waals surface area contributed by atoms with Gasteiger partial charge in [0.2, 0.25) is 11.8 Å². The summed E-state index contributed by atoms with van der Waals surface area (Å²) in [5, 5.41) is 6.00. The van der Waals surface area contributed by atoms with E-state index < -0.39 is 5.91 Å². The van der Waals surface area contributed by atoms with E-state index in [2.05, 4.69) is 10.6 Å². The molecule has 0 saturated carbocycles. The molecule has 0 spiro atoms. The molecule has 0 bridgehead atoms. The summed E-state index contributed by atoms with van der Waals surface area (Å²) in [7, 11) is 0. The van der Waals surface area contributed by atoms with Crippen molar-refractivity contribution in [2.45, 2.75) is 25.3 Å². The number of primary amides is 1. The second kappa shape index (κ2) is 6.91. The van der Waals surface area contributed by atoms with Crippen molar-refractivity contribution in [3.63, 3.8) is 0 Å². The van der Waals surface area contributed by atoms with Crippen LogP contribution in [-0.4, -0.2) is 31.0 Å². The Morgan fingerprint density at radius 2 is 2.10 bits per heavy atom. The molecule has 1 saturated heterocycles. The van der Waals surface area contributed by atoms with Gasteiger partial charge < -0.3 is 21.1 Å². The van der Waals surface area contributed by atoms with Crippen molar-refractivity contribution in [2.24, 2.45) is 5.73 Å². The molecular weight excluding hydrogens is 258 g/mol. The Hall–Kier alpha value is -2.08. The van der Waals surface area contributed by atoms with Crippen LogP contribution in [0.3, 0.4) is 0 Å². The van der Waals surface area contributed by atoms with Crippen LogP contribution >= 0.6 is 0 Å². The molecule has 4 N–H and O–H groups in total. The summed E-state index contributed by atoms with van der Waals surface area (Å²) in [6.07, 6.45) is 2.09. The monoisotopic (exact) mass is 277 g/mol. The Kier molecular flexibility index (Phi) is 4.95. The van der Waals surface area contributed by atoms with Crippen LogP contribution in [0.25, 0.3) is 0 Å². The number of ether oxygens (including phenoxy) is 1. The molecule has 0 unspecified atom stereocenters. The second-order valence-corrected chi connectivity index (χ2v) is 4.73. The number of nitrogens with two attached hydrogens (primary N) is 1. The molecule has 1 aliphatic rings. The first-order valence-corrected chi connectivity index (χ1v) is 6.70. The highest BCUT2D eigenvalue weighted by atomic mass is 16.5. The van der Waals surface area contributed by atoms with E-state index in [0.717, 1.165) is 25.1 Å². The number of benzene rings is 1. The number of anilines is 1. The molecule has 6 nitrogen and oxygen atoms in total. The molecule has 2 amide bonds. The fourth-order valence-electron chi connectivity index (χ4n) is 2.04. The number of amides is 2. The third kappa shape index (κ3) is 4.24. The SMILES string of the molecule is NC(=O)CCOc1ccc(NC(=O)[C@@H]2CCCN2)cc1. The molecule has 1 heterocycles. The number of rotatable bonds is 6. The molecular formula is C14H19N3O3. The highest BCUT2D eigenvalue weighted by Gasteiger charge is 2.21. The van der Waals surface area contributed by atoms with Gasteiger partial charge in [-0.05, 0) is 43.7 Å². The number of carbonyl (C=O) groups is 2. The lowest BCUT2D eigenvalue weighted by molar-refractivity contribution is -0.119. The zero-order valence-corrected chi connectivity index (χ0v) is 11.2. The molecule has 1 atom stereocenters. The van der Waals surface area contributed by atoms with E-state index in [4.69, 9.17) is 10.5 Å². The average molecular weight is 277 g/mol. The zero-order chi connectivity index (χ0) is 14.4. The molecule has 0 radical (unpaired) electrons. The lowest BCUT2D eigenvalue weighted by Crippen LogP contribution is -2.35. The van der Waals surface area contributed by atoms with E-state index in [1.165, 1.54) is 0 Å². The van der Waals surface area contributed by atoms with Crippen molar-refractivity contribution in [2.75, 3.05) is 18.5 Å². The minimum atomic E-state index is -0.391. The largest absolute Gasteiger partial charge is 0.493 e. The van der Waals surface area contributed by atoms with Crippen molar-refractivity contribution in [1.29, 1.82) is 0 Å². The van der Waals surface area contributed by atoms with Crippen molar-refractivity contribution < 1.29 is 14.3 Å². The summed E-state index contributed by atoms with van der Waals surface area (Å²) in [5.74, 6) is 0.242. The highest BCUT2D eigenvalue weighted by molar-refractivity contribution is 5.95. The number of hydrogen-bond donors (Lipinski definition) is 3. The Morgan fingerprint density at radius 1 is 1.35 bits per heavy atom. The summed E-state index contributed by atoms with van der Waals surface area (Å²) in [6.45, 7) is 1.15. The highest BCUT2D eigenvalue weighted by Crippen LogP contribution is 2.17. The molecule has 1 aromatic carbocycles.